The molecule has 2 heterocycles. The zero-order chi connectivity index (χ0) is 21.5. The first-order chi connectivity index (χ1) is 15.2. The number of nitrogens with one attached hydrogen (secondary N) is 2. The van der Waals surface area contributed by atoms with Crippen molar-refractivity contribution in [3.05, 3.63) is 42.1 Å². The summed E-state index contributed by atoms with van der Waals surface area (Å²) in [6.45, 7) is 2.63. The fourth-order valence-corrected chi connectivity index (χ4v) is 4.19. The SMILES string of the molecule is COCCOc1ccc(NC(=O)NCC2(c3ccc4c(c3)OCCO4)CCCC2)cn1. The molecule has 1 aromatic carbocycles. The van der Waals surface area contributed by atoms with Crippen molar-refractivity contribution in [3.8, 4) is 17.4 Å². The van der Waals surface area contributed by atoms with Gasteiger partial charge in [0.1, 0.15) is 19.8 Å². The second kappa shape index (κ2) is 9.87. The number of anilines is 1. The molecule has 0 radical (unpaired) electrons. The van der Waals surface area contributed by atoms with Gasteiger partial charge in [0.25, 0.3) is 0 Å². The number of methoxy groups -OCH3 is 1. The Kier molecular flexibility index (Phi) is 6.76. The van der Waals surface area contributed by atoms with Gasteiger partial charge in [-0.25, -0.2) is 9.78 Å². The molecule has 1 fully saturated rings. The van der Waals surface area contributed by atoms with Gasteiger partial charge >= 0.3 is 6.03 Å². The van der Waals surface area contributed by atoms with Gasteiger partial charge in [-0.1, -0.05) is 18.9 Å². The predicted molar refractivity (Wildman–Crippen MR) is 116 cm³/mol. The molecule has 1 aromatic heterocycles. The lowest BCUT2D eigenvalue weighted by Crippen LogP contribution is -2.41. The number of rotatable bonds is 8. The van der Waals surface area contributed by atoms with Crippen LogP contribution in [0.5, 0.6) is 17.4 Å². The third kappa shape index (κ3) is 5.19. The number of pyridine rings is 1. The number of carbonyl (C=O) groups excluding carboxylic acids is 1. The first-order valence-corrected chi connectivity index (χ1v) is 10.7. The summed E-state index contributed by atoms with van der Waals surface area (Å²) in [7, 11) is 1.62. The van der Waals surface area contributed by atoms with Crippen LogP contribution in [0.2, 0.25) is 0 Å². The number of hydrogen-bond acceptors (Lipinski definition) is 6. The van der Waals surface area contributed by atoms with Gasteiger partial charge in [-0.3, -0.25) is 0 Å². The summed E-state index contributed by atoms with van der Waals surface area (Å²) in [6.07, 6.45) is 5.93. The van der Waals surface area contributed by atoms with E-state index >= 15 is 0 Å². The lowest BCUT2D eigenvalue weighted by atomic mass is 9.78. The molecule has 0 saturated heterocycles. The number of nitrogens with zero attached hydrogens (tertiary/aromatic N) is 1. The minimum Gasteiger partial charge on any atom is -0.486 e. The molecule has 0 atom stereocenters. The molecule has 1 aliphatic carbocycles. The molecule has 31 heavy (non-hydrogen) atoms. The predicted octanol–water partition coefficient (Wildman–Crippen LogP) is 3.51. The normalized spacial score (nSPS) is 16.5. The fraction of sp³-hybridized carbons (Fsp3) is 0.478. The van der Waals surface area contributed by atoms with E-state index in [1.54, 1.807) is 25.4 Å². The van der Waals surface area contributed by atoms with Gasteiger partial charge in [0.05, 0.1) is 18.5 Å². The lowest BCUT2D eigenvalue weighted by Gasteiger charge is -2.31. The molecule has 1 aliphatic heterocycles. The number of fused-ring (bicyclic) bond motifs is 1. The second-order valence-electron chi connectivity index (χ2n) is 7.88. The van der Waals surface area contributed by atoms with Gasteiger partial charge < -0.3 is 29.6 Å². The number of hydrogen-bond donors (Lipinski definition) is 2. The highest BCUT2D eigenvalue weighted by Gasteiger charge is 2.36. The van der Waals surface area contributed by atoms with Gasteiger partial charge in [0.15, 0.2) is 11.5 Å². The number of carbonyl (C=O) groups is 1. The zero-order valence-electron chi connectivity index (χ0n) is 17.8. The van der Waals surface area contributed by atoms with Crippen LogP contribution in [0.15, 0.2) is 36.5 Å². The monoisotopic (exact) mass is 427 g/mol. The van der Waals surface area contributed by atoms with Crippen LogP contribution in [0, 0.1) is 0 Å². The maximum Gasteiger partial charge on any atom is 0.319 e. The third-order valence-corrected chi connectivity index (χ3v) is 5.83. The van der Waals surface area contributed by atoms with Crippen LogP contribution in [0.1, 0.15) is 31.2 Å². The van der Waals surface area contributed by atoms with Gasteiger partial charge in [0, 0.05) is 25.1 Å². The maximum absolute atomic E-state index is 12.5. The largest absolute Gasteiger partial charge is 0.486 e. The molecule has 2 amide bonds. The summed E-state index contributed by atoms with van der Waals surface area (Å²) < 4.78 is 21.8. The summed E-state index contributed by atoms with van der Waals surface area (Å²) in [5.41, 5.74) is 1.70. The van der Waals surface area contributed by atoms with Crippen molar-refractivity contribution in [1.29, 1.82) is 0 Å². The van der Waals surface area contributed by atoms with Crippen LogP contribution in [0.4, 0.5) is 10.5 Å². The summed E-state index contributed by atoms with van der Waals surface area (Å²) in [6, 6.07) is 9.39. The highest BCUT2D eigenvalue weighted by Crippen LogP contribution is 2.43. The molecule has 8 nitrogen and oxygen atoms in total. The average molecular weight is 428 g/mol. The van der Waals surface area contributed by atoms with E-state index in [9.17, 15) is 4.79 Å². The fourth-order valence-electron chi connectivity index (χ4n) is 4.19. The Bertz CT molecular complexity index is 881. The van der Waals surface area contributed by atoms with E-state index in [4.69, 9.17) is 18.9 Å². The summed E-state index contributed by atoms with van der Waals surface area (Å²) in [4.78, 5) is 16.7. The Balaban J connectivity index is 1.35. The van der Waals surface area contributed by atoms with E-state index in [0.29, 0.717) is 44.5 Å². The molecule has 2 N–H and O–H groups in total. The van der Waals surface area contributed by atoms with Crippen molar-refractivity contribution in [2.45, 2.75) is 31.1 Å². The van der Waals surface area contributed by atoms with Crippen LogP contribution in [-0.2, 0) is 10.2 Å². The van der Waals surface area contributed by atoms with E-state index < -0.39 is 0 Å². The van der Waals surface area contributed by atoms with Crippen molar-refractivity contribution in [2.75, 3.05) is 45.4 Å². The highest BCUT2D eigenvalue weighted by molar-refractivity contribution is 5.89. The molecule has 166 valence electrons. The van der Waals surface area contributed by atoms with Gasteiger partial charge in [-0.15, -0.1) is 0 Å². The summed E-state index contributed by atoms with van der Waals surface area (Å²) in [5.74, 6) is 2.07. The van der Waals surface area contributed by atoms with Crippen LogP contribution in [-0.4, -0.2) is 51.1 Å². The van der Waals surface area contributed by atoms with Gasteiger partial charge in [0.2, 0.25) is 5.88 Å². The minimum absolute atomic E-state index is 0.0928. The molecule has 2 aromatic rings. The molecule has 8 heteroatoms. The molecule has 1 saturated carbocycles. The van der Waals surface area contributed by atoms with E-state index in [2.05, 4.69) is 27.8 Å². The number of amides is 2. The molecular formula is C23H29N3O5. The van der Waals surface area contributed by atoms with E-state index in [1.807, 2.05) is 6.07 Å². The van der Waals surface area contributed by atoms with Crippen molar-refractivity contribution in [2.24, 2.45) is 0 Å². The average Bonchev–Trinajstić information content (AvgIpc) is 3.29. The minimum atomic E-state index is -0.251. The zero-order valence-corrected chi connectivity index (χ0v) is 17.8. The molecule has 0 unspecified atom stereocenters. The Hall–Kier alpha value is -3.00. The van der Waals surface area contributed by atoms with Crippen molar-refractivity contribution < 1.29 is 23.7 Å². The van der Waals surface area contributed by atoms with Gasteiger partial charge in [-0.05, 0) is 36.6 Å². The Labute approximate surface area is 182 Å². The van der Waals surface area contributed by atoms with Crippen LogP contribution in [0.3, 0.4) is 0 Å². The quantitative estimate of drug-likeness (QED) is 0.627. The van der Waals surface area contributed by atoms with Crippen molar-refractivity contribution >= 4 is 11.7 Å². The Morgan fingerprint density at radius 2 is 1.90 bits per heavy atom. The van der Waals surface area contributed by atoms with Crippen molar-refractivity contribution in [3.63, 3.8) is 0 Å². The summed E-state index contributed by atoms with van der Waals surface area (Å²) in [5, 5.41) is 5.89. The first kappa shape index (κ1) is 21.2. The first-order valence-electron chi connectivity index (χ1n) is 10.7. The number of benzene rings is 1. The van der Waals surface area contributed by atoms with Crippen LogP contribution in [0.25, 0.3) is 0 Å². The maximum atomic E-state index is 12.5. The van der Waals surface area contributed by atoms with Crippen LogP contribution >= 0.6 is 0 Å². The third-order valence-electron chi connectivity index (χ3n) is 5.83. The van der Waals surface area contributed by atoms with Crippen molar-refractivity contribution in [1.82, 2.24) is 10.3 Å². The highest BCUT2D eigenvalue weighted by atomic mass is 16.6. The Morgan fingerprint density at radius 3 is 2.65 bits per heavy atom. The second-order valence-corrected chi connectivity index (χ2v) is 7.88. The van der Waals surface area contributed by atoms with E-state index in [0.717, 1.165) is 37.2 Å². The van der Waals surface area contributed by atoms with E-state index in [1.165, 1.54) is 5.56 Å². The van der Waals surface area contributed by atoms with Gasteiger partial charge in [-0.2, -0.15) is 0 Å². The topological polar surface area (TPSA) is 90.9 Å². The molecule has 2 aliphatic rings. The lowest BCUT2D eigenvalue weighted by molar-refractivity contribution is 0.144. The standard InChI is InChI=1S/C23H29N3O5/c1-28-10-11-31-21-7-5-18(15-24-21)26-22(27)25-16-23(8-2-3-9-23)17-4-6-19-20(14-17)30-13-12-29-19/h4-7,14-15H,2-3,8-13,16H2,1H3,(H2,25,26,27). The number of urea groups is 1. The van der Waals surface area contributed by atoms with E-state index in [-0.39, 0.29) is 11.4 Å². The summed E-state index contributed by atoms with van der Waals surface area (Å²) >= 11 is 0. The number of ether oxygens (including phenoxy) is 4. The molecule has 0 spiro atoms. The molecule has 4 rings (SSSR count). The Morgan fingerprint density at radius 1 is 1.10 bits per heavy atom. The smallest absolute Gasteiger partial charge is 0.319 e. The molecule has 0 bridgehead atoms. The number of aromatic nitrogens is 1. The molecular weight excluding hydrogens is 398 g/mol. The van der Waals surface area contributed by atoms with Crippen LogP contribution < -0.4 is 24.8 Å².